The van der Waals surface area contributed by atoms with Gasteiger partial charge in [-0.3, -0.25) is 9.59 Å². The minimum Gasteiger partial charge on any atom is -0.481 e. The lowest BCUT2D eigenvalue weighted by molar-refractivity contribution is -0.140. The summed E-state index contributed by atoms with van der Waals surface area (Å²) in [7, 11) is 0. The summed E-state index contributed by atoms with van der Waals surface area (Å²) in [5.74, 6) is -3.90. The van der Waals surface area contributed by atoms with Gasteiger partial charge in [-0.05, 0) is 30.3 Å². The third kappa shape index (κ3) is 3.71. The molecule has 0 heterocycles. The van der Waals surface area contributed by atoms with Crippen molar-refractivity contribution in [2.75, 3.05) is 11.9 Å². The molecule has 6 N–H and O–H groups in total. The molecule has 0 saturated heterocycles. The van der Waals surface area contributed by atoms with Gasteiger partial charge in [0.1, 0.15) is 6.04 Å². The molecule has 0 aromatic heterocycles. The number of para-hydroxylation sites is 1. The van der Waals surface area contributed by atoms with E-state index >= 15 is 0 Å². The van der Waals surface area contributed by atoms with E-state index in [0.29, 0.717) is 5.11 Å². The summed E-state index contributed by atoms with van der Waals surface area (Å²) in [5, 5.41) is 24.2. The SMILES string of the molecule is N[C@@H](C(=O)O)[C@@H]1[C@H](CNC(=S)Nc2ccccc2)[C@H]1C(=O)O. The molecule has 1 fully saturated rings. The van der Waals surface area contributed by atoms with E-state index in [4.69, 9.17) is 28.2 Å². The normalized spacial score (nSPS) is 24.1. The Balaban J connectivity index is 1.86. The number of hydrogen-bond acceptors (Lipinski definition) is 4. The minimum atomic E-state index is -1.19. The number of hydrogen-bond donors (Lipinski definition) is 5. The fourth-order valence-electron chi connectivity index (χ4n) is 2.57. The highest BCUT2D eigenvalue weighted by molar-refractivity contribution is 7.80. The number of aliphatic carboxylic acids is 2. The number of carboxylic acid groups (broad SMARTS) is 2. The van der Waals surface area contributed by atoms with Crippen LogP contribution in [0.25, 0.3) is 0 Å². The van der Waals surface area contributed by atoms with Crippen molar-refractivity contribution < 1.29 is 19.8 Å². The molecule has 0 spiro atoms. The zero-order chi connectivity index (χ0) is 16.3. The molecule has 4 atom stereocenters. The lowest BCUT2D eigenvalue weighted by Gasteiger charge is -2.10. The first kappa shape index (κ1) is 16.2. The number of nitrogens with two attached hydrogens (primary N) is 1. The zero-order valence-corrected chi connectivity index (χ0v) is 12.4. The Hall–Kier alpha value is -2.19. The maximum atomic E-state index is 11.1. The van der Waals surface area contributed by atoms with Crippen molar-refractivity contribution in [1.29, 1.82) is 0 Å². The van der Waals surface area contributed by atoms with E-state index in [-0.39, 0.29) is 12.5 Å². The maximum Gasteiger partial charge on any atom is 0.320 e. The number of anilines is 1. The average Bonchev–Trinajstić information content (AvgIpc) is 3.19. The van der Waals surface area contributed by atoms with Crippen LogP contribution in [0, 0.1) is 17.8 Å². The van der Waals surface area contributed by atoms with Gasteiger partial charge in [-0.25, -0.2) is 0 Å². The van der Waals surface area contributed by atoms with Crippen molar-refractivity contribution >= 4 is 35.0 Å². The Morgan fingerprint density at radius 2 is 1.91 bits per heavy atom. The molecular formula is C14H17N3O4S. The van der Waals surface area contributed by atoms with Crippen LogP contribution in [0.5, 0.6) is 0 Å². The van der Waals surface area contributed by atoms with Gasteiger partial charge in [0.25, 0.3) is 0 Å². The quantitative estimate of drug-likeness (QED) is 0.474. The predicted molar refractivity (Wildman–Crippen MR) is 84.4 cm³/mol. The first-order chi connectivity index (χ1) is 10.4. The number of nitrogens with one attached hydrogen (secondary N) is 2. The lowest BCUT2D eigenvalue weighted by Crippen LogP contribution is -2.35. The molecule has 0 amide bonds. The van der Waals surface area contributed by atoms with Crippen molar-refractivity contribution in [2.45, 2.75) is 6.04 Å². The Morgan fingerprint density at radius 1 is 1.27 bits per heavy atom. The van der Waals surface area contributed by atoms with Gasteiger partial charge in [0, 0.05) is 18.2 Å². The second kappa shape index (κ2) is 6.71. The van der Waals surface area contributed by atoms with E-state index in [2.05, 4.69) is 10.6 Å². The molecule has 0 aliphatic heterocycles. The predicted octanol–water partition coefficient (Wildman–Crippen LogP) is 0.332. The minimum absolute atomic E-state index is 0.265. The number of benzene rings is 1. The highest BCUT2D eigenvalue weighted by Gasteiger charge is 2.59. The molecule has 1 aliphatic rings. The average molecular weight is 323 g/mol. The first-order valence-electron chi connectivity index (χ1n) is 6.73. The Morgan fingerprint density at radius 3 is 2.45 bits per heavy atom. The molecule has 1 saturated carbocycles. The van der Waals surface area contributed by atoms with Gasteiger partial charge in [0.05, 0.1) is 5.92 Å². The van der Waals surface area contributed by atoms with Crippen molar-refractivity contribution in [1.82, 2.24) is 5.32 Å². The van der Waals surface area contributed by atoms with Crippen LogP contribution in [0.4, 0.5) is 5.69 Å². The third-order valence-corrected chi connectivity index (χ3v) is 3.99. The summed E-state index contributed by atoms with van der Waals surface area (Å²) in [6.45, 7) is 0.265. The van der Waals surface area contributed by atoms with Gasteiger partial charge in [-0.2, -0.15) is 0 Å². The van der Waals surface area contributed by atoms with Gasteiger partial charge in [-0.15, -0.1) is 0 Å². The monoisotopic (exact) mass is 323 g/mol. The molecule has 1 aromatic rings. The highest BCUT2D eigenvalue weighted by Crippen LogP contribution is 2.47. The summed E-state index contributed by atoms with van der Waals surface area (Å²) in [4.78, 5) is 22.0. The van der Waals surface area contributed by atoms with Gasteiger partial charge < -0.3 is 26.6 Å². The van der Waals surface area contributed by atoms with Crippen LogP contribution in [0.3, 0.4) is 0 Å². The molecule has 0 radical (unpaired) electrons. The number of carboxylic acids is 2. The number of thiocarbonyl (C=S) groups is 1. The van der Waals surface area contributed by atoms with Gasteiger partial charge in [0.15, 0.2) is 5.11 Å². The van der Waals surface area contributed by atoms with Crippen LogP contribution in [0.1, 0.15) is 0 Å². The van der Waals surface area contributed by atoms with E-state index in [9.17, 15) is 9.59 Å². The lowest BCUT2D eigenvalue weighted by atomic mass is 10.1. The molecular weight excluding hydrogens is 306 g/mol. The summed E-state index contributed by atoms with van der Waals surface area (Å²) in [6.07, 6.45) is 0. The zero-order valence-electron chi connectivity index (χ0n) is 11.6. The first-order valence-corrected chi connectivity index (χ1v) is 7.13. The smallest absolute Gasteiger partial charge is 0.320 e. The van der Waals surface area contributed by atoms with Gasteiger partial charge in [-0.1, -0.05) is 18.2 Å². The summed E-state index contributed by atoms with van der Waals surface area (Å²) in [5.41, 5.74) is 6.34. The molecule has 118 valence electrons. The van der Waals surface area contributed by atoms with E-state index in [1.54, 1.807) is 0 Å². The van der Waals surface area contributed by atoms with E-state index in [1.165, 1.54) is 0 Å². The van der Waals surface area contributed by atoms with Crippen molar-refractivity contribution in [2.24, 2.45) is 23.5 Å². The third-order valence-electron chi connectivity index (χ3n) is 3.74. The molecule has 22 heavy (non-hydrogen) atoms. The Bertz CT molecular complexity index is 581. The second-order valence-electron chi connectivity index (χ2n) is 5.17. The Kier molecular flexibility index (Phi) is 4.94. The summed E-state index contributed by atoms with van der Waals surface area (Å²) < 4.78 is 0. The van der Waals surface area contributed by atoms with E-state index in [1.807, 2.05) is 30.3 Å². The van der Waals surface area contributed by atoms with Crippen LogP contribution in [-0.4, -0.2) is 39.9 Å². The fourth-order valence-corrected chi connectivity index (χ4v) is 2.77. The van der Waals surface area contributed by atoms with Crippen LogP contribution in [-0.2, 0) is 9.59 Å². The largest absolute Gasteiger partial charge is 0.481 e. The van der Waals surface area contributed by atoms with Crippen LogP contribution >= 0.6 is 12.2 Å². The molecule has 1 aromatic carbocycles. The highest BCUT2D eigenvalue weighted by atomic mass is 32.1. The van der Waals surface area contributed by atoms with E-state index < -0.39 is 29.8 Å². The van der Waals surface area contributed by atoms with Gasteiger partial charge >= 0.3 is 11.9 Å². The fraction of sp³-hybridized carbons (Fsp3) is 0.357. The maximum absolute atomic E-state index is 11.1. The van der Waals surface area contributed by atoms with E-state index in [0.717, 1.165) is 5.69 Å². The van der Waals surface area contributed by atoms with Crippen molar-refractivity contribution in [3.63, 3.8) is 0 Å². The summed E-state index contributed by atoms with van der Waals surface area (Å²) >= 11 is 5.13. The molecule has 8 heteroatoms. The van der Waals surface area contributed by atoms with Gasteiger partial charge in [0.2, 0.25) is 0 Å². The van der Waals surface area contributed by atoms with Crippen molar-refractivity contribution in [3.8, 4) is 0 Å². The van der Waals surface area contributed by atoms with Crippen LogP contribution < -0.4 is 16.4 Å². The number of carbonyl (C=O) groups is 2. The Labute approximate surface area is 132 Å². The standard InChI is InChI=1S/C14H17N3O4S/c15-11(13(20)21)9-8(10(9)12(18)19)6-16-14(22)17-7-4-2-1-3-5-7/h1-5,8-11H,6,15H2,(H,18,19)(H,20,21)(H2,16,17,22)/t8-,9+,10+,11+/m0/s1. The second-order valence-corrected chi connectivity index (χ2v) is 5.58. The summed E-state index contributed by atoms with van der Waals surface area (Å²) in [6, 6.07) is 8.09. The molecule has 0 unspecified atom stereocenters. The van der Waals surface area contributed by atoms with Crippen LogP contribution in [0.15, 0.2) is 30.3 Å². The topological polar surface area (TPSA) is 125 Å². The molecule has 7 nitrogen and oxygen atoms in total. The molecule has 1 aliphatic carbocycles. The number of rotatable bonds is 6. The van der Waals surface area contributed by atoms with Crippen molar-refractivity contribution in [3.05, 3.63) is 30.3 Å². The molecule has 0 bridgehead atoms. The molecule has 2 rings (SSSR count). The van der Waals surface area contributed by atoms with Crippen LogP contribution in [0.2, 0.25) is 0 Å².